The highest BCUT2D eigenvalue weighted by atomic mass is 79.9. The second-order valence-corrected chi connectivity index (χ2v) is 9.94. The Morgan fingerprint density at radius 1 is 1.08 bits per heavy atom. The minimum absolute atomic E-state index is 0.0720. The molecule has 2 heterocycles. The van der Waals surface area contributed by atoms with E-state index in [1.807, 2.05) is 0 Å². The maximum absolute atomic E-state index is 12.3. The zero-order valence-electron chi connectivity index (χ0n) is 12.9. The molecule has 0 aliphatic carbocycles. The van der Waals surface area contributed by atoms with Crippen LogP contribution in [0.1, 0.15) is 9.67 Å². The van der Waals surface area contributed by atoms with Crippen molar-refractivity contribution in [1.29, 1.82) is 0 Å². The monoisotopic (exact) mass is 515 g/mol. The van der Waals surface area contributed by atoms with Gasteiger partial charge in [-0.3, -0.25) is 9.52 Å². The Kier molecular flexibility index (Phi) is 5.76. The molecule has 0 radical (unpaired) electrons. The van der Waals surface area contributed by atoms with E-state index in [1.54, 1.807) is 24.3 Å². The van der Waals surface area contributed by atoms with Gasteiger partial charge in [-0.2, -0.15) is 0 Å². The van der Waals surface area contributed by atoms with Gasteiger partial charge in [-0.1, -0.05) is 6.07 Å². The molecule has 0 fully saturated rings. The molecular formula is C16H11Br2N3O3S2. The second-order valence-electron chi connectivity index (χ2n) is 5.03. The molecule has 0 bridgehead atoms. The van der Waals surface area contributed by atoms with Crippen molar-refractivity contribution >= 4 is 70.6 Å². The van der Waals surface area contributed by atoms with E-state index in [4.69, 9.17) is 0 Å². The van der Waals surface area contributed by atoms with E-state index in [1.165, 1.54) is 41.8 Å². The number of thiophene rings is 1. The number of anilines is 2. The number of pyridine rings is 1. The molecule has 10 heteroatoms. The summed E-state index contributed by atoms with van der Waals surface area (Å²) in [7, 11) is -3.75. The largest absolute Gasteiger partial charge is 0.321 e. The first-order valence-electron chi connectivity index (χ1n) is 7.15. The number of carbonyl (C=O) groups is 1. The number of hydrogen-bond donors (Lipinski definition) is 2. The average molecular weight is 517 g/mol. The van der Waals surface area contributed by atoms with Gasteiger partial charge in [0.05, 0.1) is 13.6 Å². The Hall–Kier alpha value is -1.75. The number of nitrogens with one attached hydrogen (secondary N) is 2. The van der Waals surface area contributed by atoms with Crippen molar-refractivity contribution in [3.8, 4) is 0 Å². The van der Waals surface area contributed by atoms with Gasteiger partial charge in [0.25, 0.3) is 15.9 Å². The Morgan fingerprint density at radius 3 is 2.38 bits per heavy atom. The van der Waals surface area contributed by atoms with Crippen LogP contribution in [0.25, 0.3) is 0 Å². The van der Waals surface area contributed by atoms with Crippen LogP contribution in [0.2, 0.25) is 0 Å². The van der Waals surface area contributed by atoms with Gasteiger partial charge in [-0.25, -0.2) is 13.4 Å². The number of rotatable bonds is 5. The standard InChI is InChI=1S/C16H11Br2N3O3S2/c17-12-9-13(25-15(12)18)16(22)20-10-4-6-11(7-5-10)26(23,24)21-14-3-1-2-8-19-14/h1-9H,(H,19,21)(H,20,22). The van der Waals surface area contributed by atoms with Crippen LogP contribution in [0.3, 0.4) is 0 Å². The molecule has 0 aliphatic heterocycles. The molecule has 1 aromatic carbocycles. The van der Waals surface area contributed by atoms with Crippen molar-refractivity contribution < 1.29 is 13.2 Å². The fourth-order valence-corrected chi connectivity index (χ4v) is 4.93. The van der Waals surface area contributed by atoms with E-state index in [0.29, 0.717) is 10.6 Å². The molecule has 0 aliphatic rings. The molecule has 0 atom stereocenters. The first kappa shape index (κ1) is 19.0. The van der Waals surface area contributed by atoms with Crippen LogP contribution >= 0.6 is 43.2 Å². The van der Waals surface area contributed by atoms with Crippen LogP contribution in [-0.2, 0) is 10.0 Å². The van der Waals surface area contributed by atoms with Gasteiger partial charge >= 0.3 is 0 Å². The highest BCUT2D eigenvalue weighted by molar-refractivity contribution is 9.13. The molecule has 3 aromatic rings. The van der Waals surface area contributed by atoms with Crippen molar-refractivity contribution in [1.82, 2.24) is 4.98 Å². The minimum atomic E-state index is -3.75. The first-order valence-corrected chi connectivity index (χ1v) is 11.0. The summed E-state index contributed by atoms with van der Waals surface area (Å²) in [6.45, 7) is 0. The SMILES string of the molecule is O=C(Nc1ccc(S(=O)(=O)Nc2ccccn2)cc1)c1cc(Br)c(Br)s1. The summed E-state index contributed by atoms with van der Waals surface area (Å²) in [5.74, 6) is -0.0395. The number of amides is 1. The lowest BCUT2D eigenvalue weighted by Gasteiger charge is -2.08. The van der Waals surface area contributed by atoms with E-state index >= 15 is 0 Å². The van der Waals surface area contributed by atoms with Gasteiger partial charge in [-0.05, 0) is 74.3 Å². The molecule has 0 saturated heterocycles. The summed E-state index contributed by atoms with van der Waals surface area (Å²) in [6, 6.07) is 12.5. The summed E-state index contributed by atoms with van der Waals surface area (Å²) >= 11 is 7.97. The van der Waals surface area contributed by atoms with Crippen molar-refractivity contribution in [3.63, 3.8) is 0 Å². The highest BCUT2D eigenvalue weighted by Gasteiger charge is 2.16. The molecule has 6 nitrogen and oxygen atoms in total. The normalized spacial score (nSPS) is 11.2. The van der Waals surface area contributed by atoms with Gasteiger partial charge in [0.1, 0.15) is 5.82 Å². The Balaban J connectivity index is 1.72. The molecule has 2 aromatic heterocycles. The minimum Gasteiger partial charge on any atom is -0.321 e. The highest BCUT2D eigenvalue weighted by Crippen LogP contribution is 2.32. The molecular weight excluding hydrogens is 506 g/mol. The lowest BCUT2D eigenvalue weighted by atomic mass is 10.3. The van der Waals surface area contributed by atoms with Crippen LogP contribution in [0, 0.1) is 0 Å². The number of hydrogen-bond acceptors (Lipinski definition) is 5. The number of benzene rings is 1. The van der Waals surface area contributed by atoms with Crippen molar-refractivity contribution in [2.45, 2.75) is 4.90 Å². The van der Waals surface area contributed by atoms with Gasteiger partial charge in [0.2, 0.25) is 0 Å². The zero-order chi connectivity index (χ0) is 18.7. The number of carbonyl (C=O) groups excluding carboxylic acids is 1. The quantitative estimate of drug-likeness (QED) is 0.513. The van der Waals surface area contributed by atoms with Crippen LogP contribution in [0.4, 0.5) is 11.5 Å². The van der Waals surface area contributed by atoms with E-state index in [0.717, 1.165) is 8.26 Å². The molecule has 0 unspecified atom stereocenters. The lowest BCUT2D eigenvalue weighted by molar-refractivity contribution is 0.103. The van der Waals surface area contributed by atoms with Crippen LogP contribution in [0.5, 0.6) is 0 Å². The Morgan fingerprint density at radius 2 is 1.81 bits per heavy atom. The summed E-state index contributed by atoms with van der Waals surface area (Å²) in [4.78, 5) is 16.8. The molecule has 2 N–H and O–H groups in total. The third-order valence-electron chi connectivity index (χ3n) is 3.20. The van der Waals surface area contributed by atoms with Crippen LogP contribution in [0.15, 0.2) is 67.9 Å². The maximum atomic E-state index is 12.3. The molecule has 0 saturated carbocycles. The smallest absolute Gasteiger partial charge is 0.265 e. The fraction of sp³-hybridized carbons (Fsp3) is 0. The van der Waals surface area contributed by atoms with Crippen molar-refractivity contribution in [2.24, 2.45) is 0 Å². The number of aromatic nitrogens is 1. The fourth-order valence-electron chi connectivity index (χ4n) is 1.99. The first-order chi connectivity index (χ1) is 12.3. The predicted molar refractivity (Wildman–Crippen MR) is 109 cm³/mol. The number of nitrogens with zero attached hydrogens (tertiary/aromatic N) is 1. The zero-order valence-corrected chi connectivity index (χ0v) is 17.7. The van der Waals surface area contributed by atoms with Crippen LogP contribution in [-0.4, -0.2) is 19.3 Å². The maximum Gasteiger partial charge on any atom is 0.265 e. The lowest BCUT2D eigenvalue weighted by Crippen LogP contribution is -2.14. The van der Waals surface area contributed by atoms with Gasteiger partial charge in [0, 0.05) is 16.4 Å². The topological polar surface area (TPSA) is 88.2 Å². The van der Waals surface area contributed by atoms with E-state index in [9.17, 15) is 13.2 Å². The third-order valence-corrected chi connectivity index (χ3v) is 7.82. The summed E-state index contributed by atoms with van der Waals surface area (Å²) < 4.78 is 28.7. The summed E-state index contributed by atoms with van der Waals surface area (Å²) in [6.07, 6.45) is 1.50. The average Bonchev–Trinajstić information content (AvgIpc) is 2.95. The van der Waals surface area contributed by atoms with E-state index in [2.05, 4.69) is 46.9 Å². The molecule has 1 amide bonds. The summed E-state index contributed by atoms with van der Waals surface area (Å²) in [5, 5.41) is 2.73. The molecule has 134 valence electrons. The molecule has 0 spiro atoms. The van der Waals surface area contributed by atoms with Crippen molar-refractivity contribution in [2.75, 3.05) is 10.0 Å². The predicted octanol–water partition coefficient (Wildman–Crippen LogP) is 4.72. The van der Waals surface area contributed by atoms with Crippen LogP contribution < -0.4 is 10.0 Å². The Bertz CT molecular complexity index is 1020. The van der Waals surface area contributed by atoms with Crippen molar-refractivity contribution in [3.05, 3.63) is 67.9 Å². The molecule has 26 heavy (non-hydrogen) atoms. The van der Waals surface area contributed by atoms with Gasteiger partial charge in [0.15, 0.2) is 0 Å². The second kappa shape index (κ2) is 7.87. The number of sulfonamides is 1. The van der Waals surface area contributed by atoms with E-state index < -0.39 is 10.0 Å². The molecule has 3 rings (SSSR count). The third kappa shape index (κ3) is 4.50. The van der Waals surface area contributed by atoms with Gasteiger partial charge in [-0.15, -0.1) is 11.3 Å². The Labute approximate surface area is 171 Å². The number of halogens is 2. The summed E-state index contributed by atoms with van der Waals surface area (Å²) in [5.41, 5.74) is 0.493. The van der Waals surface area contributed by atoms with E-state index in [-0.39, 0.29) is 16.6 Å². The van der Waals surface area contributed by atoms with Gasteiger partial charge < -0.3 is 5.32 Å².